The van der Waals surface area contributed by atoms with Gasteiger partial charge in [-0.05, 0) is 13.8 Å². The predicted octanol–water partition coefficient (Wildman–Crippen LogP) is -3.16. The average molecular weight is 176 g/mol. The van der Waals surface area contributed by atoms with E-state index in [1.54, 1.807) is 0 Å². The normalized spacial score (nSPS) is 6.55. The molecule has 0 aliphatic rings. The van der Waals surface area contributed by atoms with Gasteiger partial charge in [-0.25, -0.2) is 0 Å². The van der Waals surface area contributed by atoms with Crippen LogP contribution >= 0.6 is 0 Å². The Balaban J connectivity index is -0.0000000383. The summed E-state index contributed by atoms with van der Waals surface area (Å²) in [5, 5.41) is 15.2. The van der Waals surface area contributed by atoms with E-state index in [4.69, 9.17) is 14.9 Å². The second kappa shape index (κ2) is 30.8. The zero-order valence-electron chi connectivity index (χ0n) is 7.58. The number of rotatable bonds is 3. The van der Waals surface area contributed by atoms with E-state index in [9.17, 15) is 0 Å². The Morgan fingerprint density at radius 1 is 1.00 bits per heavy atom. The van der Waals surface area contributed by atoms with Gasteiger partial charge in [0.05, 0.1) is 13.2 Å². The molecule has 11 heavy (non-hydrogen) atoms. The zero-order chi connectivity index (χ0) is 7.54. The van der Waals surface area contributed by atoms with E-state index in [1.807, 2.05) is 13.8 Å². The van der Waals surface area contributed by atoms with Crippen molar-refractivity contribution in [1.29, 1.82) is 0 Å². The second-order valence-electron chi connectivity index (χ2n) is 1.23. The van der Waals surface area contributed by atoms with Crippen molar-refractivity contribution in [3.63, 3.8) is 0 Å². The van der Waals surface area contributed by atoms with Crippen LogP contribution in [0.25, 0.3) is 0 Å². The van der Waals surface area contributed by atoms with Gasteiger partial charge in [0.15, 0.2) is 0 Å². The van der Waals surface area contributed by atoms with Crippen molar-refractivity contribution in [2.45, 2.75) is 13.8 Å². The molecule has 0 bridgehead atoms. The second-order valence-corrected chi connectivity index (χ2v) is 1.23. The molecule has 0 fully saturated rings. The first-order chi connectivity index (χ1) is 4.33. The molecular weight excluding hydrogens is 159 g/mol. The molecule has 0 aromatic rings. The Kier molecular flexibility index (Phi) is 63.3. The Morgan fingerprint density at radius 3 is 1.27 bits per heavy atom. The van der Waals surface area contributed by atoms with E-state index in [2.05, 4.69) is 0 Å². The minimum atomic E-state index is -0.125. The molecule has 0 aromatic carbocycles. The fraction of sp³-hybridized carbons (Fsp3) is 1.00. The van der Waals surface area contributed by atoms with Gasteiger partial charge in [-0.1, -0.05) is 0 Å². The van der Waals surface area contributed by atoms with Gasteiger partial charge in [0.25, 0.3) is 0 Å². The minimum Gasteiger partial charge on any atom is -0.870 e. The van der Waals surface area contributed by atoms with Gasteiger partial charge in [0, 0.05) is 13.2 Å². The maximum Gasteiger partial charge on any atom is 1.00 e. The van der Waals surface area contributed by atoms with E-state index in [0.717, 1.165) is 13.2 Å². The molecule has 0 aliphatic heterocycles. The molecule has 0 amide bonds. The van der Waals surface area contributed by atoms with E-state index < -0.39 is 0 Å². The van der Waals surface area contributed by atoms with Gasteiger partial charge < -0.3 is 20.4 Å². The number of hydrogen-bond acceptors (Lipinski definition) is 4. The van der Waals surface area contributed by atoms with Crippen LogP contribution in [0.3, 0.4) is 0 Å². The number of aliphatic hydroxyl groups is 2. The number of ether oxygens (including phenoxy) is 1. The van der Waals surface area contributed by atoms with Crippen LogP contribution in [0, 0.1) is 0 Å². The molecule has 0 unspecified atom stereocenters. The maximum atomic E-state index is 7.62. The summed E-state index contributed by atoms with van der Waals surface area (Å²) in [4.78, 5) is 0. The van der Waals surface area contributed by atoms with Crippen molar-refractivity contribution in [2.75, 3.05) is 26.4 Å². The summed E-state index contributed by atoms with van der Waals surface area (Å²) in [6.07, 6.45) is 0. The molecule has 0 saturated carbocycles. The summed E-state index contributed by atoms with van der Waals surface area (Å²) in [6, 6.07) is 0. The van der Waals surface area contributed by atoms with Gasteiger partial charge in [-0.3, -0.25) is 0 Å². The molecule has 0 rings (SSSR count). The third-order valence-electron chi connectivity index (χ3n) is 0.508. The fourth-order valence-electron chi connectivity index (χ4n) is 0.204. The monoisotopic (exact) mass is 176 g/mol. The van der Waals surface area contributed by atoms with Crippen LogP contribution in [0.1, 0.15) is 13.8 Å². The molecule has 5 heteroatoms. The Morgan fingerprint density at radius 2 is 1.27 bits per heavy atom. The molecule has 0 atom stereocenters. The topological polar surface area (TPSA) is 79.7 Å². The summed E-state index contributed by atoms with van der Waals surface area (Å²) >= 11 is 0. The molecule has 0 aliphatic carbocycles. The van der Waals surface area contributed by atoms with Crippen molar-refractivity contribution in [3.05, 3.63) is 0 Å². The van der Waals surface area contributed by atoms with Crippen LogP contribution in [0.15, 0.2) is 0 Å². The van der Waals surface area contributed by atoms with Crippen LogP contribution in [-0.2, 0) is 4.74 Å². The quantitative estimate of drug-likeness (QED) is 0.445. The minimum absolute atomic E-state index is 0. The van der Waals surface area contributed by atoms with Crippen LogP contribution in [0.4, 0.5) is 0 Å². The Hall–Kier alpha value is 0.840. The first kappa shape index (κ1) is 22.6. The van der Waals surface area contributed by atoms with Gasteiger partial charge in [0.2, 0.25) is 0 Å². The number of hydrogen-bond donors (Lipinski definition) is 2. The molecule has 0 heterocycles. The molecule has 66 valence electrons. The van der Waals surface area contributed by atoms with E-state index in [1.165, 1.54) is 0 Å². The standard InChI is InChI=1S/C4H10O.C2H6O2.Na.H2O/c1-3-5-4-2;3-1-2-4;;/h3-4H2,1-2H3;3-4H,1-2H2;;1H2/q;;+1;/p-1. The van der Waals surface area contributed by atoms with Gasteiger partial charge in [-0.2, -0.15) is 0 Å². The van der Waals surface area contributed by atoms with E-state index in [-0.39, 0.29) is 48.2 Å². The van der Waals surface area contributed by atoms with Crippen molar-refractivity contribution in [2.24, 2.45) is 0 Å². The molecule has 0 radical (unpaired) electrons. The predicted molar refractivity (Wildman–Crippen MR) is 38.3 cm³/mol. The molecular formula is C6H17NaO4. The Labute approximate surface area is 90.2 Å². The zero-order valence-corrected chi connectivity index (χ0v) is 9.58. The third-order valence-corrected chi connectivity index (χ3v) is 0.508. The van der Waals surface area contributed by atoms with Crippen LogP contribution in [-0.4, -0.2) is 42.1 Å². The smallest absolute Gasteiger partial charge is 0.870 e. The van der Waals surface area contributed by atoms with E-state index >= 15 is 0 Å². The summed E-state index contributed by atoms with van der Waals surface area (Å²) in [7, 11) is 0. The van der Waals surface area contributed by atoms with Gasteiger partial charge >= 0.3 is 29.6 Å². The first-order valence-corrected chi connectivity index (χ1v) is 3.12. The molecule has 0 aromatic heterocycles. The van der Waals surface area contributed by atoms with Crippen molar-refractivity contribution < 1.29 is 50.0 Å². The molecule has 0 saturated heterocycles. The van der Waals surface area contributed by atoms with Crippen LogP contribution in [0.2, 0.25) is 0 Å². The first-order valence-electron chi connectivity index (χ1n) is 3.12. The summed E-state index contributed by atoms with van der Waals surface area (Å²) in [5.41, 5.74) is 0. The summed E-state index contributed by atoms with van der Waals surface area (Å²) in [5.74, 6) is 0. The number of aliphatic hydroxyl groups excluding tert-OH is 2. The third kappa shape index (κ3) is 57.4. The van der Waals surface area contributed by atoms with Gasteiger partial charge in [0.1, 0.15) is 0 Å². The Bertz CT molecular complexity index is 33.8. The van der Waals surface area contributed by atoms with E-state index in [0.29, 0.717) is 0 Å². The van der Waals surface area contributed by atoms with Gasteiger partial charge in [-0.15, -0.1) is 0 Å². The van der Waals surface area contributed by atoms with Crippen molar-refractivity contribution in [3.8, 4) is 0 Å². The van der Waals surface area contributed by atoms with Crippen molar-refractivity contribution >= 4 is 0 Å². The average Bonchev–Trinajstić information content (AvgIpc) is 1.91. The fourth-order valence-corrected chi connectivity index (χ4v) is 0.204. The largest absolute Gasteiger partial charge is 1.00 e. The molecule has 3 N–H and O–H groups in total. The van der Waals surface area contributed by atoms with Crippen molar-refractivity contribution in [1.82, 2.24) is 0 Å². The van der Waals surface area contributed by atoms with Crippen LogP contribution < -0.4 is 29.6 Å². The summed E-state index contributed by atoms with van der Waals surface area (Å²) < 4.78 is 4.83. The summed E-state index contributed by atoms with van der Waals surface area (Å²) in [6.45, 7) is 5.42. The maximum absolute atomic E-state index is 7.62. The molecule has 0 spiro atoms. The molecule has 4 nitrogen and oxygen atoms in total. The van der Waals surface area contributed by atoms with Crippen LogP contribution in [0.5, 0.6) is 0 Å². The SMILES string of the molecule is CCOCC.OCCO.[Na+].[OH-].